The summed E-state index contributed by atoms with van der Waals surface area (Å²) in [6.07, 6.45) is 3.71. The van der Waals surface area contributed by atoms with Gasteiger partial charge in [-0.2, -0.15) is 0 Å². The third kappa shape index (κ3) is 4.57. The number of hydrogen-bond donors (Lipinski definition) is 1. The second-order valence-corrected chi connectivity index (χ2v) is 7.28. The Bertz CT molecular complexity index is 439. The number of aliphatic imine (C=N–C) groups is 1. The van der Waals surface area contributed by atoms with Gasteiger partial charge >= 0.3 is 0 Å². The third-order valence-corrected chi connectivity index (χ3v) is 4.46. The van der Waals surface area contributed by atoms with Gasteiger partial charge in [0.05, 0.1) is 25.5 Å². The highest BCUT2D eigenvalue weighted by atomic mass is 16.5. The van der Waals surface area contributed by atoms with Gasteiger partial charge in [0.15, 0.2) is 0 Å². The molecule has 0 bridgehead atoms. The van der Waals surface area contributed by atoms with Crippen LogP contribution in [0, 0.1) is 11.3 Å². The van der Waals surface area contributed by atoms with Gasteiger partial charge in [-0.05, 0) is 25.2 Å². The van der Waals surface area contributed by atoms with Crippen molar-refractivity contribution in [1.82, 2.24) is 10.2 Å². The normalized spacial score (nSPS) is 28.0. The van der Waals surface area contributed by atoms with E-state index in [2.05, 4.69) is 35.6 Å². The summed E-state index contributed by atoms with van der Waals surface area (Å²) < 4.78 is 5.33. The van der Waals surface area contributed by atoms with Crippen LogP contribution >= 0.6 is 0 Å². The number of nitrogens with one attached hydrogen (secondary N) is 1. The summed E-state index contributed by atoms with van der Waals surface area (Å²) in [6, 6.07) is 0.193. The molecule has 2 atom stereocenters. The van der Waals surface area contributed by atoms with Crippen molar-refractivity contribution in [3.05, 3.63) is 12.2 Å². The van der Waals surface area contributed by atoms with Crippen molar-refractivity contribution in [2.45, 2.75) is 39.7 Å². The zero-order chi connectivity index (χ0) is 16.2. The SMILES string of the molecule is C=C(C)C/N=C/N1CC[C@H](C(=O)N[C@@H]2CCOC2)C(C)(C)C1. The molecule has 0 aliphatic carbocycles. The minimum atomic E-state index is -0.0585. The van der Waals surface area contributed by atoms with Gasteiger partial charge in [0.2, 0.25) is 5.91 Å². The number of likely N-dealkylation sites (tertiary alicyclic amines) is 1. The lowest BCUT2D eigenvalue weighted by atomic mass is 9.73. The highest BCUT2D eigenvalue weighted by Gasteiger charge is 2.40. The lowest BCUT2D eigenvalue weighted by Gasteiger charge is -2.43. The van der Waals surface area contributed by atoms with Crippen molar-refractivity contribution in [2.24, 2.45) is 16.3 Å². The standard InChI is InChI=1S/C17H29N3O2/c1-13(2)9-18-12-20-7-5-15(17(3,4)11-20)16(21)19-14-6-8-22-10-14/h12,14-15H,1,5-11H2,2-4H3,(H,19,21)/b18-12+/t14-,15-/m1/s1. The molecule has 0 saturated carbocycles. The van der Waals surface area contributed by atoms with E-state index in [0.717, 1.165) is 38.1 Å². The molecule has 1 N–H and O–H groups in total. The maximum absolute atomic E-state index is 12.5. The molecule has 22 heavy (non-hydrogen) atoms. The predicted molar refractivity (Wildman–Crippen MR) is 89.0 cm³/mol. The van der Waals surface area contributed by atoms with Crippen LogP contribution in [0.5, 0.6) is 0 Å². The van der Waals surface area contributed by atoms with E-state index in [4.69, 9.17) is 4.74 Å². The Labute approximate surface area is 133 Å². The number of amides is 1. The monoisotopic (exact) mass is 307 g/mol. The summed E-state index contributed by atoms with van der Waals surface area (Å²) in [5.74, 6) is 0.234. The Morgan fingerprint density at radius 1 is 1.50 bits per heavy atom. The first-order chi connectivity index (χ1) is 10.4. The molecule has 2 rings (SSSR count). The Hall–Kier alpha value is -1.36. The zero-order valence-corrected chi connectivity index (χ0v) is 14.1. The van der Waals surface area contributed by atoms with E-state index in [0.29, 0.717) is 13.2 Å². The summed E-state index contributed by atoms with van der Waals surface area (Å²) in [5, 5.41) is 3.15. The van der Waals surface area contributed by atoms with E-state index in [1.807, 2.05) is 13.3 Å². The molecule has 0 aromatic rings. The third-order valence-electron chi connectivity index (χ3n) is 4.46. The van der Waals surface area contributed by atoms with Crippen molar-refractivity contribution >= 4 is 12.2 Å². The Balaban J connectivity index is 1.88. The van der Waals surface area contributed by atoms with Gasteiger partial charge < -0.3 is 15.0 Å². The average molecular weight is 307 g/mol. The Morgan fingerprint density at radius 3 is 2.86 bits per heavy atom. The first-order valence-electron chi connectivity index (χ1n) is 8.15. The summed E-state index contributed by atoms with van der Waals surface area (Å²) >= 11 is 0. The quantitative estimate of drug-likeness (QED) is 0.479. The lowest BCUT2D eigenvalue weighted by molar-refractivity contribution is -0.131. The van der Waals surface area contributed by atoms with E-state index in [1.54, 1.807) is 0 Å². The van der Waals surface area contributed by atoms with Gasteiger partial charge in [0.1, 0.15) is 0 Å². The van der Waals surface area contributed by atoms with Crippen LogP contribution in [-0.4, -0.2) is 56.0 Å². The van der Waals surface area contributed by atoms with Crippen LogP contribution in [0.25, 0.3) is 0 Å². The van der Waals surface area contributed by atoms with Crippen molar-refractivity contribution in [1.29, 1.82) is 0 Å². The van der Waals surface area contributed by atoms with Crippen molar-refractivity contribution in [3.63, 3.8) is 0 Å². The smallest absolute Gasteiger partial charge is 0.224 e. The molecule has 2 fully saturated rings. The molecule has 1 amide bonds. The topological polar surface area (TPSA) is 53.9 Å². The molecule has 124 valence electrons. The van der Waals surface area contributed by atoms with Crippen LogP contribution in [0.2, 0.25) is 0 Å². The van der Waals surface area contributed by atoms with Gasteiger partial charge in [-0.25, -0.2) is 0 Å². The largest absolute Gasteiger partial charge is 0.379 e. The maximum Gasteiger partial charge on any atom is 0.224 e. The molecular formula is C17H29N3O2. The van der Waals surface area contributed by atoms with Crippen LogP contribution in [0.4, 0.5) is 0 Å². The number of piperidine rings is 1. The zero-order valence-electron chi connectivity index (χ0n) is 14.1. The number of ether oxygens (including phenoxy) is 1. The first-order valence-corrected chi connectivity index (χ1v) is 8.15. The summed E-state index contributed by atoms with van der Waals surface area (Å²) in [6.45, 7) is 14.0. The molecule has 0 spiro atoms. The van der Waals surface area contributed by atoms with Crippen LogP contribution in [0.3, 0.4) is 0 Å². The first kappa shape index (κ1) is 17.0. The number of hydrogen-bond acceptors (Lipinski definition) is 3. The fourth-order valence-corrected chi connectivity index (χ4v) is 3.25. The van der Waals surface area contributed by atoms with Crippen molar-refractivity contribution in [2.75, 3.05) is 32.8 Å². The van der Waals surface area contributed by atoms with Crippen LogP contribution < -0.4 is 5.32 Å². The van der Waals surface area contributed by atoms with Gasteiger partial charge in [-0.3, -0.25) is 9.79 Å². The van der Waals surface area contributed by atoms with Crippen molar-refractivity contribution < 1.29 is 9.53 Å². The highest BCUT2D eigenvalue weighted by Crippen LogP contribution is 2.34. The molecule has 0 aromatic heterocycles. The molecule has 0 radical (unpaired) electrons. The van der Waals surface area contributed by atoms with E-state index in [-0.39, 0.29) is 23.3 Å². The molecule has 5 nitrogen and oxygen atoms in total. The second-order valence-electron chi connectivity index (χ2n) is 7.28. The average Bonchev–Trinajstić information content (AvgIpc) is 2.89. The lowest BCUT2D eigenvalue weighted by Crippen LogP contribution is -2.52. The fraction of sp³-hybridized carbons (Fsp3) is 0.765. The highest BCUT2D eigenvalue weighted by molar-refractivity contribution is 5.80. The van der Waals surface area contributed by atoms with Gasteiger partial charge in [0, 0.05) is 25.6 Å². The van der Waals surface area contributed by atoms with E-state index in [9.17, 15) is 4.79 Å². The summed E-state index contributed by atoms with van der Waals surface area (Å²) in [7, 11) is 0. The van der Waals surface area contributed by atoms with E-state index >= 15 is 0 Å². The van der Waals surface area contributed by atoms with Crippen LogP contribution in [0.1, 0.15) is 33.6 Å². The maximum atomic E-state index is 12.5. The molecule has 2 saturated heterocycles. The molecule has 2 heterocycles. The summed E-state index contributed by atoms with van der Waals surface area (Å²) in [4.78, 5) is 19.2. The molecule has 5 heteroatoms. The minimum Gasteiger partial charge on any atom is -0.379 e. The molecule has 2 aliphatic rings. The number of rotatable bonds is 5. The van der Waals surface area contributed by atoms with E-state index < -0.39 is 0 Å². The van der Waals surface area contributed by atoms with Crippen LogP contribution in [0.15, 0.2) is 17.1 Å². The molecule has 0 unspecified atom stereocenters. The Morgan fingerprint density at radius 2 is 2.27 bits per heavy atom. The van der Waals surface area contributed by atoms with Gasteiger partial charge in [-0.1, -0.05) is 26.0 Å². The number of nitrogens with zero attached hydrogens (tertiary/aromatic N) is 2. The van der Waals surface area contributed by atoms with Crippen LogP contribution in [-0.2, 0) is 9.53 Å². The second kappa shape index (κ2) is 7.27. The Kier molecular flexibility index (Phi) is 5.62. The van der Waals surface area contributed by atoms with E-state index in [1.165, 1.54) is 0 Å². The molecular weight excluding hydrogens is 278 g/mol. The predicted octanol–water partition coefficient (Wildman–Crippen LogP) is 1.84. The summed E-state index contributed by atoms with van der Waals surface area (Å²) in [5.41, 5.74) is 1.00. The number of carbonyl (C=O) groups is 1. The molecule has 2 aliphatic heterocycles. The van der Waals surface area contributed by atoms with Crippen molar-refractivity contribution in [3.8, 4) is 0 Å². The molecule has 0 aromatic carbocycles. The minimum absolute atomic E-state index is 0.0545. The number of carbonyl (C=O) groups excluding carboxylic acids is 1. The fourth-order valence-electron chi connectivity index (χ4n) is 3.25. The van der Waals surface area contributed by atoms with Gasteiger partial charge in [0.25, 0.3) is 0 Å². The van der Waals surface area contributed by atoms with Gasteiger partial charge in [-0.15, -0.1) is 0 Å².